The normalized spacial score (nSPS) is 12.5. The van der Waals surface area contributed by atoms with Gasteiger partial charge in [-0.05, 0) is 34.0 Å². The van der Waals surface area contributed by atoms with E-state index in [0.717, 1.165) is 0 Å². The summed E-state index contributed by atoms with van der Waals surface area (Å²) >= 11 is 0. The Labute approximate surface area is 113 Å². The zero-order chi connectivity index (χ0) is 14.6. The van der Waals surface area contributed by atoms with Crippen LogP contribution in [0.4, 0.5) is 10.2 Å². The number of nitrogens with zero attached hydrogens (tertiary/aromatic N) is 3. The highest BCUT2D eigenvalue weighted by Gasteiger charge is 2.24. The molecule has 1 unspecified atom stereocenters. The fourth-order valence-corrected chi connectivity index (χ4v) is 2.06. The lowest BCUT2D eigenvalue weighted by Gasteiger charge is -2.30. The van der Waals surface area contributed by atoms with Crippen LogP contribution in [-0.4, -0.2) is 53.9 Å². The van der Waals surface area contributed by atoms with Gasteiger partial charge in [-0.3, -0.25) is 4.79 Å². The molecule has 0 bridgehead atoms. The van der Waals surface area contributed by atoms with Crippen LogP contribution in [0.25, 0.3) is 0 Å². The third-order valence-electron chi connectivity index (χ3n) is 2.91. The minimum absolute atomic E-state index is 0.0127. The molecular weight excluding hydrogens is 247 g/mol. The van der Waals surface area contributed by atoms with Gasteiger partial charge in [-0.25, -0.2) is 9.37 Å². The van der Waals surface area contributed by atoms with Crippen molar-refractivity contribution in [1.29, 1.82) is 0 Å². The van der Waals surface area contributed by atoms with E-state index in [9.17, 15) is 9.18 Å². The first-order valence-corrected chi connectivity index (χ1v) is 6.24. The number of nitrogen functional groups attached to an aromatic ring is 1. The Kier molecular flexibility index (Phi) is 5.23. The van der Waals surface area contributed by atoms with Gasteiger partial charge < -0.3 is 15.5 Å². The van der Waals surface area contributed by atoms with Gasteiger partial charge >= 0.3 is 0 Å². The summed E-state index contributed by atoms with van der Waals surface area (Å²) < 4.78 is 13.8. The highest BCUT2D eigenvalue weighted by atomic mass is 19.1. The molecule has 6 heteroatoms. The second-order valence-electron chi connectivity index (χ2n) is 4.76. The number of hydrogen-bond acceptors (Lipinski definition) is 4. The monoisotopic (exact) mass is 268 g/mol. The van der Waals surface area contributed by atoms with Crippen molar-refractivity contribution in [3.63, 3.8) is 0 Å². The van der Waals surface area contributed by atoms with E-state index in [-0.39, 0.29) is 23.3 Å². The second kappa shape index (κ2) is 6.47. The smallest absolute Gasteiger partial charge is 0.257 e. The van der Waals surface area contributed by atoms with Crippen LogP contribution < -0.4 is 5.73 Å². The molecule has 5 nitrogen and oxygen atoms in total. The summed E-state index contributed by atoms with van der Waals surface area (Å²) in [5.74, 6) is -1.35. The number of aromatic nitrogens is 1. The van der Waals surface area contributed by atoms with Gasteiger partial charge in [0.2, 0.25) is 0 Å². The van der Waals surface area contributed by atoms with E-state index in [0.29, 0.717) is 13.1 Å². The number of amides is 1. The molecule has 106 valence electrons. The zero-order valence-corrected chi connectivity index (χ0v) is 11.9. The van der Waals surface area contributed by atoms with Crippen molar-refractivity contribution in [2.24, 2.45) is 0 Å². The molecule has 0 saturated carbocycles. The average Bonchev–Trinajstić information content (AvgIpc) is 2.32. The van der Waals surface area contributed by atoms with Crippen molar-refractivity contribution in [3.05, 3.63) is 23.6 Å². The number of carbonyl (C=O) groups is 1. The second-order valence-corrected chi connectivity index (χ2v) is 4.76. The van der Waals surface area contributed by atoms with Crippen LogP contribution in [0.15, 0.2) is 12.3 Å². The fourth-order valence-electron chi connectivity index (χ4n) is 2.06. The third kappa shape index (κ3) is 3.64. The van der Waals surface area contributed by atoms with Crippen LogP contribution in [0.5, 0.6) is 0 Å². The van der Waals surface area contributed by atoms with E-state index in [1.165, 1.54) is 12.3 Å². The maximum atomic E-state index is 13.8. The molecule has 1 amide bonds. The van der Waals surface area contributed by atoms with E-state index in [1.807, 2.05) is 32.8 Å². The molecule has 0 spiro atoms. The summed E-state index contributed by atoms with van der Waals surface area (Å²) in [4.78, 5) is 19.6. The Morgan fingerprint density at radius 1 is 1.53 bits per heavy atom. The van der Waals surface area contributed by atoms with Crippen LogP contribution in [-0.2, 0) is 0 Å². The molecule has 0 aliphatic heterocycles. The lowest BCUT2D eigenvalue weighted by Crippen LogP contribution is -2.44. The minimum atomic E-state index is -0.747. The molecule has 1 aromatic heterocycles. The topological polar surface area (TPSA) is 62.5 Å². The molecule has 1 heterocycles. The molecule has 0 fully saturated rings. The van der Waals surface area contributed by atoms with E-state index >= 15 is 0 Å². The molecule has 0 aliphatic rings. The van der Waals surface area contributed by atoms with Gasteiger partial charge in [-0.1, -0.05) is 0 Å². The SMILES string of the molecule is CCN(C(=O)c1ccnc(N)c1F)C(C)CN(C)C. The van der Waals surface area contributed by atoms with E-state index in [2.05, 4.69) is 4.98 Å². The van der Waals surface area contributed by atoms with Gasteiger partial charge in [0.05, 0.1) is 5.56 Å². The molecule has 19 heavy (non-hydrogen) atoms. The van der Waals surface area contributed by atoms with Crippen molar-refractivity contribution < 1.29 is 9.18 Å². The fraction of sp³-hybridized carbons (Fsp3) is 0.538. The molecule has 0 radical (unpaired) electrons. The summed E-state index contributed by atoms with van der Waals surface area (Å²) in [6.45, 7) is 5.02. The summed E-state index contributed by atoms with van der Waals surface area (Å²) in [6, 6.07) is 1.35. The Bertz CT molecular complexity index is 450. The Morgan fingerprint density at radius 2 is 2.16 bits per heavy atom. The van der Waals surface area contributed by atoms with Crippen LogP contribution in [0.3, 0.4) is 0 Å². The molecule has 1 rings (SSSR count). The average molecular weight is 268 g/mol. The van der Waals surface area contributed by atoms with E-state index in [1.54, 1.807) is 4.90 Å². The summed E-state index contributed by atoms with van der Waals surface area (Å²) in [5.41, 5.74) is 5.36. The Hall–Kier alpha value is -1.69. The van der Waals surface area contributed by atoms with Crippen LogP contribution in [0, 0.1) is 5.82 Å². The van der Waals surface area contributed by atoms with Crippen molar-refractivity contribution in [2.45, 2.75) is 19.9 Å². The number of pyridine rings is 1. The molecular formula is C13H21FN4O. The summed E-state index contributed by atoms with van der Waals surface area (Å²) in [6.07, 6.45) is 1.34. The quantitative estimate of drug-likeness (QED) is 0.872. The largest absolute Gasteiger partial charge is 0.381 e. The Balaban J connectivity index is 2.98. The highest BCUT2D eigenvalue weighted by Crippen LogP contribution is 2.15. The molecule has 2 N–H and O–H groups in total. The van der Waals surface area contributed by atoms with E-state index < -0.39 is 5.82 Å². The van der Waals surface area contributed by atoms with Crippen LogP contribution in [0.1, 0.15) is 24.2 Å². The molecule has 0 aliphatic carbocycles. The highest BCUT2D eigenvalue weighted by molar-refractivity contribution is 5.95. The minimum Gasteiger partial charge on any atom is -0.381 e. The Morgan fingerprint density at radius 3 is 2.68 bits per heavy atom. The summed E-state index contributed by atoms with van der Waals surface area (Å²) in [5, 5.41) is 0. The first-order chi connectivity index (χ1) is 8.88. The molecule has 0 saturated heterocycles. The van der Waals surface area contributed by atoms with Gasteiger partial charge in [0.25, 0.3) is 5.91 Å². The number of hydrogen-bond donors (Lipinski definition) is 1. The van der Waals surface area contributed by atoms with Gasteiger partial charge in [-0.15, -0.1) is 0 Å². The number of anilines is 1. The third-order valence-corrected chi connectivity index (χ3v) is 2.91. The van der Waals surface area contributed by atoms with Crippen LogP contribution >= 0.6 is 0 Å². The molecule has 1 atom stereocenters. The molecule has 0 aromatic carbocycles. The molecule has 1 aromatic rings. The maximum Gasteiger partial charge on any atom is 0.257 e. The number of likely N-dealkylation sites (N-methyl/N-ethyl adjacent to an activating group) is 2. The van der Waals surface area contributed by atoms with Crippen molar-refractivity contribution in [3.8, 4) is 0 Å². The van der Waals surface area contributed by atoms with E-state index in [4.69, 9.17) is 5.73 Å². The standard InChI is InChI=1S/C13H21FN4O/c1-5-18(9(2)8-17(3)4)13(19)10-6-7-16-12(15)11(10)14/h6-7,9H,5,8H2,1-4H3,(H2,15,16). The number of rotatable bonds is 5. The lowest BCUT2D eigenvalue weighted by atomic mass is 10.1. The van der Waals surface area contributed by atoms with Gasteiger partial charge in [-0.2, -0.15) is 0 Å². The van der Waals surface area contributed by atoms with Crippen molar-refractivity contribution in [2.75, 3.05) is 32.9 Å². The van der Waals surface area contributed by atoms with Crippen molar-refractivity contribution in [1.82, 2.24) is 14.8 Å². The first kappa shape index (κ1) is 15.4. The summed E-state index contributed by atoms with van der Waals surface area (Å²) in [7, 11) is 3.86. The predicted molar refractivity (Wildman–Crippen MR) is 73.3 cm³/mol. The van der Waals surface area contributed by atoms with Crippen molar-refractivity contribution >= 4 is 11.7 Å². The predicted octanol–water partition coefficient (Wildman–Crippen LogP) is 1.22. The number of carbonyl (C=O) groups excluding carboxylic acids is 1. The first-order valence-electron chi connectivity index (χ1n) is 6.24. The van der Waals surface area contributed by atoms with Gasteiger partial charge in [0.15, 0.2) is 11.6 Å². The number of nitrogens with two attached hydrogens (primary N) is 1. The lowest BCUT2D eigenvalue weighted by molar-refractivity contribution is 0.0674. The van der Waals surface area contributed by atoms with Gasteiger partial charge in [0, 0.05) is 25.3 Å². The van der Waals surface area contributed by atoms with Crippen LogP contribution in [0.2, 0.25) is 0 Å². The number of halogens is 1. The van der Waals surface area contributed by atoms with Gasteiger partial charge in [0.1, 0.15) is 0 Å². The zero-order valence-electron chi connectivity index (χ0n) is 11.9. The maximum absolute atomic E-state index is 13.8.